The van der Waals surface area contributed by atoms with Crippen molar-refractivity contribution in [3.63, 3.8) is 0 Å². The average Bonchev–Trinajstić information content (AvgIpc) is 3.63. The fraction of sp³-hybridized carbons (Fsp3) is 0.0732. The minimum Gasteiger partial charge on any atom is -0.494 e. The van der Waals surface area contributed by atoms with E-state index in [9.17, 15) is 14.4 Å². The van der Waals surface area contributed by atoms with E-state index in [4.69, 9.17) is 16.3 Å². The number of nitrogens with one attached hydrogen (secondary N) is 3. The molecule has 3 N–H and O–H groups in total. The first kappa shape index (κ1) is 36.1. The number of thioether (sulfide) groups is 1. The smallest absolute Gasteiger partial charge is 0.272 e. The summed E-state index contributed by atoms with van der Waals surface area (Å²) in [5.41, 5.74) is 4.00. The molecule has 6 aromatic rings. The van der Waals surface area contributed by atoms with Gasteiger partial charge in [-0.3, -0.25) is 14.4 Å². The van der Waals surface area contributed by atoms with Gasteiger partial charge in [0, 0.05) is 32.1 Å². The van der Waals surface area contributed by atoms with Gasteiger partial charge in [0.2, 0.25) is 5.91 Å². The predicted molar refractivity (Wildman–Crippen MR) is 211 cm³/mol. The summed E-state index contributed by atoms with van der Waals surface area (Å²) in [7, 11) is 0. The number of hydrogen-bond acceptors (Lipinski definition) is 7. The molecule has 1 unspecified atom stereocenters. The molecule has 0 aliphatic carbocycles. The summed E-state index contributed by atoms with van der Waals surface area (Å²) in [6.07, 6.45) is 1.61. The van der Waals surface area contributed by atoms with Crippen LogP contribution in [0.1, 0.15) is 33.7 Å². The number of nitrogens with zero attached hydrogens (tertiary/aromatic N) is 1. The Bertz CT molecular complexity index is 2170. The first-order valence-corrected chi connectivity index (χ1v) is 18.5. The van der Waals surface area contributed by atoms with Crippen molar-refractivity contribution in [3.8, 4) is 17.0 Å². The van der Waals surface area contributed by atoms with Crippen LogP contribution in [-0.2, 0) is 9.59 Å². The number of amides is 3. The highest BCUT2D eigenvalue weighted by atomic mass is 35.5. The van der Waals surface area contributed by atoms with Gasteiger partial charge in [-0.15, -0.1) is 23.1 Å². The number of benzene rings is 5. The minimum atomic E-state index is -0.592. The van der Waals surface area contributed by atoms with Gasteiger partial charge in [0.05, 0.1) is 12.3 Å². The zero-order valence-corrected chi connectivity index (χ0v) is 30.3. The van der Waals surface area contributed by atoms with E-state index in [1.54, 1.807) is 60.7 Å². The van der Waals surface area contributed by atoms with Crippen LogP contribution in [0.5, 0.6) is 5.75 Å². The first-order chi connectivity index (χ1) is 25.4. The van der Waals surface area contributed by atoms with Gasteiger partial charge in [0.25, 0.3) is 11.8 Å². The molecule has 5 aromatic carbocycles. The zero-order valence-electron chi connectivity index (χ0n) is 27.9. The molecule has 0 fully saturated rings. The number of rotatable bonds is 13. The van der Waals surface area contributed by atoms with Gasteiger partial charge < -0.3 is 20.7 Å². The van der Waals surface area contributed by atoms with Crippen molar-refractivity contribution in [2.75, 3.05) is 17.2 Å². The molecular formula is C41H33ClN4O4S2. The summed E-state index contributed by atoms with van der Waals surface area (Å²) in [5, 5.41) is 10.9. The van der Waals surface area contributed by atoms with E-state index >= 15 is 0 Å². The molecule has 260 valence electrons. The number of anilines is 2. The number of halogens is 1. The normalized spacial score (nSPS) is 11.7. The Hall–Kier alpha value is -5.68. The topological polar surface area (TPSA) is 109 Å². The van der Waals surface area contributed by atoms with E-state index in [0.717, 1.165) is 16.0 Å². The summed E-state index contributed by atoms with van der Waals surface area (Å²) in [6, 6.07) is 40.0. The molecule has 0 aliphatic heterocycles. The van der Waals surface area contributed by atoms with Gasteiger partial charge in [-0.25, -0.2) is 4.98 Å². The molecule has 1 aromatic heterocycles. The van der Waals surface area contributed by atoms with Crippen molar-refractivity contribution >= 4 is 69.3 Å². The maximum Gasteiger partial charge on any atom is 0.272 e. The lowest BCUT2D eigenvalue weighted by molar-refractivity contribution is -0.116. The van der Waals surface area contributed by atoms with Crippen molar-refractivity contribution in [1.82, 2.24) is 10.3 Å². The Kier molecular flexibility index (Phi) is 12.2. The van der Waals surface area contributed by atoms with Gasteiger partial charge in [-0.1, -0.05) is 90.5 Å². The molecule has 0 saturated carbocycles. The van der Waals surface area contributed by atoms with Crippen molar-refractivity contribution in [3.05, 3.63) is 166 Å². The molecule has 0 bridgehead atoms. The summed E-state index contributed by atoms with van der Waals surface area (Å²) >= 11 is 9.07. The highest BCUT2D eigenvalue weighted by Gasteiger charge is 2.24. The quantitative estimate of drug-likeness (QED) is 0.0803. The van der Waals surface area contributed by atoms with Crippen LogP contribution in [0.25, 0.3) is 17.3 Å². The molecule has 0 aliphatic rings. The van der Waals surface area contributed by atoms with E-state index in [1.165, 1.54) is 23.1 Å². The Morgan fingerprint density at radius 3 is 2.19 bits per heavy atom. The van der Waals surface area contributed by atoms with Crippen LogP contribution in [-0.4, -0.2) is 29.3 Å². The van der Waals surface area contributed by atoms with E-state index in [-0.39, 0.29) is 11.6 Å². The van der Waals surface area contributed by atoms with Crippen LogP contribution in [0.4, 0.5) is 10.8 Å². The van der Waals surface area contributed by atoms with Crippen LogP contribution in [0.15, 0.2) is 149 Å². The highest BCUT2D eigenvalue weighted by molar-refractivity contribution is 8.00. The molecule has 52 heavy (non-hydrogen) atoms. The molecule has 11 heteroatoms. The Balaban J connectivity index is 1.17. The predicted octanol–water partition coefficient (Wildman–Crippen LogP) is 9.74. The number of thiazole rings is 1. The van der Waals surface area contributed by atoms with Gasteiger partial charge >= 0.3 is 0 Å². The third-order valence-corrected chi connectivity index (χ3v) is 9.98. The third kappa shape index (κ3) is 9.55. The Morgan fingerprint density at radius 2 is 1.50 bits per heavy atom. The second-order valence-electron chi connectivity index (χ2n) is 11.3. The van der Waals surface area contributed by atoms with Crippen LogP contribution >= 0.6 is 34.7 Å². The molecular weight excluding hydrogens is 712 g/mol. The summed E-state index contributed by atoms with van der Waals surface area (Å²) < 4.78 is 5.53. The van der Waals surface area contributed by atoms with Crippen molar-refractivity contribution in [1.29, 1.82) is 0 Å². The number of hydrogen-bond donors (Lipinski definition) is 3. The maximum absolute atomic E-state index is 13.7. The van der Waals surface area contributed by atoms with Gasteiger partial charge in [-0.05, 0) is 78.7 Å². The van der Waals surface area contributed by atoms with E-state index < -0.39 is 17.1 Å². The maximum atomic E-state index is 13.7. The van der Waals surface area contributed by atoms with Crippen molar-refractivity contribution < 1.29 is 19.1 Å². The number of ether oxygens (including phenoxy) is 1. The summed E-state index contributed by atoms with van der Waals surface area (Å²) in [5.74, 6) is -0.441. The number of carbonyl (C=O) groups excluding carboxylic acids is 3. The Labute approximate surface area is 314 Å². The van der Waals surface area contributed by atoms with Crippen molar-refractivity contribution in [2.45, 2.75) is 17.1 Å². The lowest BCUT2D eigenvalue weighted by atomic mass is 10.1. The zero-order chi connectivity index (χ0) is 36.3. The van der Waals surface area contributed by atoms with Gasteiger partial charge in [0.15, 0.2) is 5.13 Å². The lowest BCUT2D eigenvalue weighted by Gasteiger charge is -2.17. The standard InChI is InChI=1S/C41H33ClN4O4S2/c1-2-50-31-21-17-27(18-22-31)25-35(44-38(47)29-13-7-4-8-14-29)39(48)43-30-19-23-32(24-20-30)52-37(28-11-5-3-6-12-28)40(49)46-41-45-36(26-51-41)33-15-9-10-16-34(33)42/h3-26,37H,2H2,1H3,(H,43,48)(H,44,47)(H,45,46,49)/b35-25-. The van der Waals surface area contributed by atoms with Crippen LogP contribution < -0.4 is 20.7 Å². The summed E-state index contributed by atoms with van der Waals surface area (Å²) in [4.78, 5) is 45.8. The third-order valence-electron chi connectivity index (χ3n) is 7.62. The molecule has 3 amide bonds. The lowest BCUT2D eigenvalue weighted by Crippen LogP contribution is -2.30. The Morgan fingerprint density at radius 1 is 0.827 bits per heavy atom. The molecule has 0 spiro atoms. The van der Waals surface area contributed by atoms with E-state index in [0.29, 0.717) is 45.0 Å². The monoisotopic (exact) mass is 744 g/mol. The minimum absolute atomic E-state index is 0.0668. The summed E-state index contributed by atoms with van der Waals surface area (Å²) in [6.45, 7) is 2.44. The SMILES string of the molecule is CCOc1ccc(/C=C(\NC(=O)c2ccccc2)C(=O)Nc2ccc(SC(C(=O)Nc3nc(-c4ccccc4Cl)cs3)c3ccccc3)cc2)cc1. The largest absolute Gasteiger partial charge is 0.494 e. The van der Waals surface area contributed by atoms with Gasteiger partial charge in [-0.2, -0.15) is 0 Å². The molecule has 0 saturated heterocycles. The molecule has 0 radical (unpaired) electrons. The second kappa shape index (κ2) is 17.5. The fourth-order valence-electron chi connectivity index (χ4n) is 5.08. The van der Waals surface area contributed by atoms with Crippen LogP contribution in [0, 0.1) is 0 Å². The van der Waals surface area contributed by atoms with Crippen LogP contribution in [0.3, 0.4) is 0 Å². The fourth-order valence-corrected chi connectivity index (χ4v) is 7.05. The molecule has 6 rings (SSSR count). The number of carbonyl (C=O) groups is 3. The second-order valence-corrected chi connectivity index (χ2v) is 13.7. The molecule has 1 heterocycles. The molecule has 1 atom stereocenters. The number of aromatic nitrogens is 1. The molecule has 8 nitrogen and oxygen atoms in total. The van der Waals surface area contributed by atoms with Crippen molar-refractivity contribution in [2.24, 2.45) is 0 Å². The highest BCUT2D eigenvalue weighted by Crippen LogP contribution is 2.38. The first-order valence-electron chi connectivity index (χ1n) is 16.3. The van der Waals surface area contributed by atoms with Crippen LogP contribution in [0.2, 0.25) is 5.02 Å². The van der Waals surface area contributed by atoms with E-state index in [1.807, 2.05) is 91.2 Å². The van der Waals surface area contributed by atoms with Gasteiger partial charge in [0.1, 0.15) is 16.7 Å². The average molecular weight is 745 g/mol. The van der Waals surface area contributed by atoms with E-state index in [2.05, 4.69) is 20.9 Å².